The van der Waals surface area contributed by atoms with Gasteiger partial charge in [0.05, 0.1) is 18.7 Å². The Morgan fingerprint density at radius 2 is 1.96 bits per heavy atom. The van der Waals surface area contributed by atoms with E-state index in [1.165, 1.54) is 37.1 Å². The third-order valence-electron chi connectivity index (χ3n) is 5.00. The maximum Gasteiger partial charge on any atom is 0.191 e. The average Bonchev–Trinajstić information content (AvgIpc) is 3.61. The normalized spacial score (nSPS) is 22.5. The van der Waals surface area contributed by atoms with E-state index in [4.69, 9.17) is 9.73 Å². The molecule has 2 heterocycles. The molecule has 0 spiro atoms. The summed E-state index contributed by atoms with van der Waals surface area (Å²) in [5.74, 6) is 3.83. The molecule has 2 aromatic rings. The SMILES string of the molecule is COc1ccc(C2=NCC(CSc3nnc(C4CC4)n3C3CC3)S2)cc1. The van der Waals surface area contributed by atoms with E-state index >= 15 is 0 Å². The molecule has 7 heteroatoms. The number of rotatable bonds is 7. The zero-order valence-electron chi connectivity index (χ0n) is 14.8. The summed E-state index contributed by atoms with van der Waals surface area (Å²) in [7, 11) is 1.69. The van der Waals surface area contributed by atoms with Crippen LogP contribution in [0.1, 0.15) is 49.0 Å². The van der Waals surface area contributed by atoms with Gasteiger partial charge in [-0.15, -0.1) is 22.0 Å². The molecule has 26 heavy (non-hydrogen) atoms. The molecule has 2 saturated carbocycles. The van der Waals surface area contributed by atoms with Gasteiger partial charge in [-0.1, -0.05) is 11.8 Å². The Morgan fingerprint density at radius 1 is 1.15 bits per heavy atom. The quantitative estimate of drug-likeness (QED) is 0.669. The molecule has 1 aliphatic heterocycles. The van der Waals surface area contributed by atoms with E-state index in [1.54, 1.807) is 7.11 Å². The summed E-state index contributed by atoms with van der Waals surface area (Å²) in [6.45, 7) is 0.881. The highest BCUT2D eigenvalue weighted by atomic mass is 32.2. The third-order valence-corrected chi connectivity index (χ3v) is 7.55. The smallest absolute Gasteiger partial charge is 0.191 e. The number of ether oxygens (including phenoxy) is 1. The van der Waals surface area contributed by atoms with Crippen LogP contribution in [0.4, 0.5) is 0 Å². The van der Waals surface area contributed by atoms with E-state index < -0.39 is 0 Å². The number of benzene rings is 1. The van der Waals surface area contributed by atoms with Crippen molar-refractivity contribution in [3.05, 3.63) is 35.7 Å². The molecule has 1 aromatic carbocycles. The molecular weight excluding hydrogens is 364 g/mol. The van der Waals surface area contributed by atoms with Crippen LogP contribution < -0.4 is 4.74 Å². The van der Waals surface area contributed by atoms with Gasteiger partial charge in [-0.25, -0.2) is 0 Å². The molecule has 2 aliphatic carbocycles. The lowest BCUT2D eigenvalue weighted by molar-refractivity contribution is 0.415. The van der Waals surface area contributed by atoms with Gasteiger partial charge in [-0.3, -0.25) is 4.99 Å². The van der Waals surface area contributed by atoms with E-state index in [9.17, 15) is 0 Å². The summed E-state index contributed by atoms with van der Waals surface area (Å²) in [5.41, 5.74) is 1.18. The molecule has 136 valence electrons. The van der Waals surface area contributed by atoms with Gasteiger partial charge in [0.1, 0.15) is 11.6 Å². The standard InChI is InChI=1S/C19H22N4OS2/c1-24-15-8-4-13(5-9-15)18-20-10-16(26-18)11-25-19-22-21-17(12-2-3-12)23(19)14-6-7-14/h4-5,8-9,12,14,16H,2-3,6-7,10-11H2,1H3. The third kappa shape index (κ3) is 3.39. The molecule has 3 aliphatic rings. The second-order valence-corrected chi connectivity index (χ2v) is 9.42. The summed E-state index contributed by atoms with van der Waals surface area (Å²) in [4.78, 5) is 4.75. The van der Waals surface area contributed by atoms with Gasteiger partial charge in [-0.05, 0) is 49.9 Å². The van der Waals surface area contributed by atoms with Crippen molar-refractivity contribution in [1.82, 2.24) is 14.8 Å². The molecule has 2 fully saturated rings. The minimum atomic E-state index is 0.505. The zero-order valence-corrected chi connectivity index (χ0v) is 16.4. The van der Waals surface area contributed by atoms with E-state index in [-0.39, 0.29) is 0 Å². The predicted octanol–water partition coefficient (Wildman–Crippen LogP) is 4.15. The van der Waals surface area contributed by atoms with Gasteiger partial charge < -0.3 is 9.30 Å². The molecule has 1 unspecified atom stereocenters. The van der Waals surface area contributed by atoms with Gasteiger partial charge >= 0.3 is 0 Å². The second-order valence-electron chi connectivity index (χ2n) is 7.14. The van der Waals surface area contributed by atoms with E-state index in [1.807, 2.05) is 35.7 Å². The Morgan fingerprint density at radius 3 is 2.65 bits per heavy atom. The van der Waals surface area contributed by atoms with Gasteiger partial charge in [0.15, 0.2) is 5.16 Å². The van der Waals surface area contributed by atoms with Gasteiger partial charge in [0.2, 0.25) is 0 Å². The van der Waals surface area contributed by atoms with Crippen LogP contribution in [-0.2, 0) is 0 Å². The predicted molar refractivity (Wildman–Crippen MR) is 107 cm³/mol. The number of thioether (sulfide) groups is 2. The van der Waals surface area contributed by atoms with Crippen LogP contribution in [0.2, 0.25) is 0 Å². The fraction of sp³-hybridized carbons (Fsp3) is 0.526. The molecule has 5 rings (SSSR count). The Hall–Kier alpha value is -1.47. The molecule has 1 atom stereocenters. The first kappa shape index (κ1) is 16.7. The number of nitrogens with zero attached hydrogens (tertiary/aromatic N) is 4. The van der Waals surface area contributed by atoms with Crippen LogP contribution >= 0.6 is 23.5 Å². The van der Waals surface area contributed by atoms with Crippen molar-refractivity contribution in [1.29, 1.82) is 0 Å². The van der Waals surface area contributed by atoms with Crippen LogP contribution in [-0.4, -0.2) is 44.5 Å². The van der Waals surface area contributed by atoms with Crippen molar-refractivity contribution in [3.63, 3.8) is 0 Å². The largest absolute Gasteiger partial charge is 0.497 e. The number of aliphatic imine (C=N–C) groups is 1. The Kier molecular flexibility index (Phi) is 4.44. The first-order valence-corrected chi connectivity index (χ1v) is 11.1. The topological polar surface area (TPSA) is 52.3 Å². The van der Waals surface area contributed by atoms with Crippen molar-refractivity contribution in [2.75, 3.05) is 19.4 Å². The average molecular weight is 387 g/mol. The first-order chi connectivity index (χ1) is 12.8. The molecule has 0 bridgehead atoms. The van der Waals surface area contributed by atoms with Crippen molar-refractivity contribution in [3.8, 4) is 5.75 Å². The van der Waals surface area contributed by atoms with Gasteiger partial charge in [0, 0.05) is 28.5 Å². The van der Waals surface area contributed by atoms with E-state index in [2.05, 4.69) is 26.9 Å². The lowest BCUT2D eigenvalue weighted by Crippen LogP contribution is -2.09. The summed E-state index contributed by atoms with van der Waals surface area (Å²) in [6, 6.07) is 8.83. The zero-order chi connectivity index (χ0) is 17.5. The maximum atomic E-state index is 5.23. The number of aromatic nitrogens is 3. The van der Waals surface area contributed by atoms with Crippen molar-refractivity contribution >= 4 is 28.6 Å². The first-order valence-electron chi connectivity index (χ1n) is 9.25. The minimum absolute atomic E-state index is 0.505. The van der Waals surface area contributed by atoms with Gasteiger partial charge in [0.25, 0.3) is 0 Å². The Labute approximate surface area is 162 Å². The molecular formula is C19H22N4OS2. The molecule has 1 aromatic heterocycles. The lowest BCUT2D eigenvalue weighted by Gasteiger charge is -2.10. The van der Waals surface area contributed by atoms with Crippen molar-refractivity contribution in [2.45, 2.75) is 48.0 Å². The Balaban J connectivity index is 1.21. The summed E-state index contributed by atoms with van der Waals surface area (Å²) >= 11 is 3.74. The van der Waals surface area contributed by atoms with Crippen LogP contribution in [0.25, 0.3) is 0 Å². The Bertz CT molecular complexity index is 825. The fourth-order valence-electron chi connectivity index (χ4n) is 3.25. The number of hydrogen-bond donors (Lipinski definition) is 0. The summed E-state index contributed by atoms with van der Waals surface area (Å²) in [5, 5.41) is 11.8. The van der Waals surface area contributed by atoms with Crippen molar-refractivity contribution < 1.29 is 4.74 Å². The monoisotopic (exact) mass is 386 g/mol. The van der Waals surface area contributed by atoms with Crippen LogP contribution in [0, 0.1) is 0 Å². The summed E-state index contributed by atoms with van der Waals surface area (Å²) in [6.07, 6.45) is 5.14. The lowest BCUT2D eigenvalue weighted by atomic mass is 10.2. The highest BCUT2D eigenvalue weighted by molar-refractivity contribution is 8.16. The molecule has 0 saturated heterocycles. The van der Waals surface area contributed by atoms with Crippen LogP contribution in [0.15, 0.2) is 34.4 Å². The highest BCUT2D eigenvalue weighted by Crippen LogP contribution is 2.46. The van der Waals surface area contributed by atoms with Crippen LogP contribution in [0.3, 0.4) is 0 Å². The fourth-order valence-corrected chi connectivity index (χ4v) is 5.53. The number of methoxy groups -OCH3 is 1. The van der Waals surface area contributed by atoms with Crippen LogP contribution in [0.5, 0.6) is 5.75 Å². The van der Waals surface area contributed by atoms with E-state index in [0.717, 1.165) is 28.2 Å². The van der Waals surface area contributed by atoms with E-state index in [0.29, 0.717) is 17.2 Å². The second kappa shape index (κ2) is 6.93. The number of hydrogen-bond acceptors (Lipinski definition) is 6. The minimum Gasteiger partial charge on any atom is -0.497 e. The molecule has 0 amide bonds. The van der Waals surface area contributed by atoms with Gasteiger partial charge in [-0.2, -0.15) is 0 Å². The molecule has 5 nitrogen and oxygen atoms in total. The summed E-state index contributed by atoms with van der Waals surface area (Å²) < 4.78 is 7.67. The van der Waals surface area contributed by atoms with Crippen molar-refractivity contribution in [2.24, 2.45) is 4.99 Å². The highest BCUT2D eigenvalue weighted by Gasteiger charge is 2.36. The molecule has 0 radical (unpaired) electrons. The molecule has 0 N–H and O–H groups in total. The maximum absolute atomic E-state index is 5.23.